The summed E-state index contributed by atoms with van der Waals surface area (Å²) in [7, 11) is 1.60. The van der Waals surface area contributed by atoms with Gasteiger partial charge in [0.25, 0.3) is 0 Å². The van der Waals surface area contributed by atoms with Crippen LogP contribution < -0.4 is 11.1 Å². The molecular formula is C10H11N3O. The molecule has 1 aromatic heterocycles. The van der Waals surface area contributed by atoms with Gasteiger partial charge < -0.3 is 11.1 Å². The minimum Gasteiger partial charge on any atom is -0.398 e. The van der Waals surface area contributed by atoms with Gasteiger partial charge in [-0.2, -0.15) is 0 Å². The molecule has 1 aromatic carbocycles. The summed E-state index contributed by atoms with van der Waals surface area (Å²) in [6, 6.07) is 7.18. The van der Waals surface area contributed by atoms with Gasteiger partial charge in [0.15, 0.2) is 0 Å². The quantitative estimate of drug-likeness (QED) is 0.615. The summed E-state index contributed by atoms with van der Waals surface area (Å²) in [4.78, 5) is 11.4. The fraction of sp³-hybridized carbons (Fsp3) is 0.100. The number of nitrogen functional groups attached to an aromatic ring is 1. The summed E-state index contributed by atoms with van der Waals surface area (Å²) in [5, 5.41) is 3.46. The van der Waals surface area contributed by atoms with Crippen LogP contribution in [0.25, 0.3) is 10.9 Å². The van der Waals surface area contributed by atoms with Crippen LogP contribution in [0, 0.1) is 0 Å². The monoisotopic (exact) mass is 189 g/mol. The van der Waals surface area contributed by atoms with Gasteiger partial charge in [-0.1, -0.05) is 6.07 Å². The molecule has 1 heterocycles. The van der Waals surface area contributed by atoms with Crippen molar-refractivity contribution in [2.75, 3.05) is 12.8 Å². The number of benzene rings is 1. The highest BCUT2D eigenvalue weighted by atomic mass is 16.2. The van der Waals surface area contributed by atoms with E-state index in [2.05, 4.69) is 5.32 Å². The van der Waals surface area contributed by atoms with E-state index in [0.717, 1.165) is 10.9 Å². The van der Waals surface area contributed by atoms with Crippen LogP contribution in [-0.2, 0) is 0 Å². The van der Waals surface area contributed by atoms with Crippen LogP contribution in [0.4, 0.5) is 10.5 Å². The average Bonchev–Trinajstić information content (AvgIpc) is 2.62. The number of hydrogen-bond donors (Lipinski definition) is 2. The van der Waals surface area contributed by atoms with E-state index in [1.54, 1.807) is 13.2 Å². The molecule has 72 valence electrons. The first-order valence-corrected chi connectivity index (χ1v) is 4.31. The fourth-order valence-electron chi connectivity index (χ4n) is 1.49. The van der Waals surface area contributed by atoms with Gasteiger partial charge in [-0.15, -0.1) is 0 Å². The second kappa shape index (κ2) is 3.06. The minimum atomic E-state index is -0.161. The zero-order valence-electron chi connectivity index (χ0n) is 7.82. The van der Waals surface area contributed by atoms with E-state index in [-0.39, 0.29) is 6.03 Å². The number of anilines is 1. The van der Waals surface area contributed by atoms with Crippen LogP contribution in [0.1, 0.15) is 0 Å². The molecule has 0 spiro atoms. The lowest BCUT2D eigenvalue weighted by Crippen LogP contribution is -2.23. The maximum absolute atomic E-state index is 11.4. The van der Waals surface area contributed by atoms with Gasteiger partial charge in [-0.25, -0.2) is 4.79 Å². The van der Waals surface area contributed by atoms with E-state index in [0.29, 0.717) is 5.69 Å². The average molecular weight is 189 g/mol. The van der Waals surface area contributed by atoms with Crippen LogP contribution >= 0.6 is 0 Å². The van der Waals surface area contributed by atoms with Crippen LogP contribution in [-0.4, -0.2) is 17.6 Å². The molecule has 4 nitrogen and oxygen atoms in total. The molecular weight excluding hydrogens is 178 g/mol. The van der Waals surface area contributed by atoms with Gasteiger partial charge in [0.2, 0.25) is 0 Å². The predicted octanol–water partition coefficient (Wildman–Crippen LogP) is 1.41. The number of carbonyl (C=O) groups is 1. The highest BCUT2D eigenvalue weighted by Gasteiger charge is 2.07. The van der Waals surface area contributed by atoms with Gasteiger partial charge in [-0.05, 0) is 18.2 Å². The van der Waals surface area contributed by atoms with Gasteiger partial charge in [0, 0.05) is 24.3 Å². The maximum Gasteiger partial charge on any atom is 0.325 e. The predicted molar refractivity (Wildman–Crippen MR) is 56.2 cm³/mol. The molecule has 3 N–H and O–H groups in total. The van der Waals surface area contributed by atoms with Crippen LogP contribution in [0.15, 0.2) is 30.5 Å². The molecule has 0 bridgehead atoms. The Morgan fingerprint density at radius 2 is 2.21 bits per heavy atom. The van der Waals surface area contributed by atoms with E-state index >= 15 is 0 Å². The van der Waals surface area contributed by atoms with E-state index in [1.165, 1.54) is 4.57 Å². The molecule has 0 atom stereocenters. The number of aromatic nitrogens is 1. The first-order valence-electron chi connectivity index (χ1n) is 4.31. The van der Waals surface area contributed by atoms with Crippen LogP contribution in [0.3, 0.4) is 0 Å². The van der Waals surface area contributed by atoms with Gasteiger partial charge in [-0.3, -0.25) is 4.57 Å². The van der Waals surface area contributed by atoms with Crippen molar-refractivity contribution in [3.05, 3.63) is 30.5 Å². The molecule has 14 heavy (non-hydrogen) atoms. The molecule has 0 aliphatic rings. The number of amides is 1. The maximum atomic E-state index is 11.4. The second-order valence-corrected chi connectivity index (χ2v) is 3.02. The third kappa shape index (κ3) is 1.12. The molecule has 0 saturated carbocycles. The number of nitrogens with one attached hydrogen (secondary N) is 1. The number of carbonyl (C=O) groups excluding carboxylic acids is 1. The van der Waals surface area contributed by atoms with Gasteiger partial charge >= 0.3 is 6.03 Å². The highest BCUT2D eigenvalue weighted by Crippen LogP contribution is 2.21. The van der Waals surface area contributed by atoms with Crippen molar-refractivity contribution >= 4 is 22.6 Å². The standard InChI is InChI=1S/C10H11N3O/c1-12-10(14)13-6-5-7-8(11)3-2-4-9(7)13/h2-6H,11H2,1H3,(H,12,14). The third-order valence-electron chi connectivity index (χ3n) is 2.20. The normalized spacial score (nSPS) is 10.4. The number of fused-ring (bicyclic) bond motifs is 1. The Bertz CT molecular complexity index is 487. The summed E-state index contributed by atoms with van der Waals surface area (Å²) in [6.45, 7) is 0. The largest absolute Gasteiger partial charge is 0.398 e. The molecule has 4 heteroatoms. The van der Waals surface area contributed by atoms with E-state index in [9.17, 15) is 4.79 Å². The first kappa shape index (κ1) is 8.62. The number of rotatable bonds is 0. The lowest BCUT2D eigenvalue weighted by atomic mass is 10.2. The van der Waals surface area contributed by atoms with E-state index in [4.69, 9.17) is 5.73 Å². The molecule has 0 unspecified atom stereocenters. The smallest absolute Gasteiger partial charge is 0.325 e. The van der Waals surface area contributed by atoms with Crippen LogP contribution in [0.5, 0.6) is 0 Å². The lowest BCUT2D eigenvalue weighted by Gasteiger charge is -2.02. The first-order chi connectivity index (χ1) is 6.74. The fourth-order valence-corrected chi connectivity index (χ4v) is 1.49. The summed E-state index contributed by atoms with van der Waals surface area (Å²) in [5.74, 6) is 0. The molecule has 0 radical (unpaired) electrons. The molecule has 1 amide bonds. The van der Waals surface area contributed by atoms with Crippen molar-refractivity contribution in [3.8, 4) is 0 Å². The molecule has 0 aliphatic carbocycles. The minimum absolute atomic E-state index is 0.161. The van der Waals surface area contributed by atoms with Crippen molar-refractivity contribution in [3.63, 3.8) is 0 Å². The van der Waals surface area contributed by atoms with Crippen LogP contribution in [0.2, 0.25) is 0 Å². The SMILES string of the molecule is CNC(=O)n1ccc2c(N)cccc21. The van der Waals surface area contributed by atoms with Crippen molar-refractivity contribution < 1.29 is 4.79 Å². The van der Waals surface area contributed by atoms with E-state index in [1.807, 2.05) is 24.3 Å². The highest BCUT2D eigenvalue weighted by molar-refractivity contribution is 5.97. The summed E-state index contributed by atoms with van der Waals surface area (Å²) >= 11 is 0. The Hall–Kier alpha value is -1.97. The Balaban J connectivity index is 2.70. The molecule has 0 aliphatic heterocycles. The van der Waals surface area contributed by atoms with Gasteiger partial charge in [0.05, 0.1) is 5.52 Å². The second-order valence-electron chi connectivity index (χ2n) is 3.02. The Kier molecular flexibility index (Phi) is 1.89. The summed E-state index contributed by atoms with van der Waals surface area (Å²) in [5.41, 5.74) is 7.27. The number of nitrogens with zero attached hydrogens (tertiary/aromatic N) is 1. The molecule has 2 aromatic rings. The molecule has 0 fully saturated rings. The van der Waals surface area contributed by atoms with Crippen molar-refractivity contribution in [1.29, 1.82) is 0 Å². The Labute approximate surface area is 81.3 Å². The number of hydrogen-bond acceptors (Lipinski definition) is 2. The molecule has 2 rings (SSSR count). The van der Waals surface area contributed by atoms with Crippen molar-refractivity contribution in [2.45, 2.75) is 0 Å². The summed E-state index contributed by atoms with van der Waals surface area (Å²) < 4.78 is 1.53. The van der Waals surface area contributed by atoms with Gasteiger partial charge in [0.1, 0.15) is 0 Å². The van der Waals surface area contributed by atoms with Crippen molar-refractivity contribution in [1.82, 2.24) is 9.88 Å². The summed E-state index contributed by atoms with van der Waals surface area (Å²) in [6.07, 6.45) is 1.71. The van der Waals surface area contributed by atoms with E-state index < -0.39 is 0 Å². The lowest BCUT2D eigenvalue weighted by molar-refractivity contribution is 0.245. The topological polar surface area (TPSA) is 60.0 Å². The zero-order valence-corrected chi connectivity index (χ0v) is 7.82. The third-order valence-corrected chi connectivity index (χ3v) is 2.20. The number of nitrogens with two attached hydrogens (primary N) is 1. The Morgan fingerprint density at radius 3 is 2.93 bits per heavy atom. The molecule has 0 saturated heterocycles. The van der Waals surface area contributed by atoms with Crippen molar-refractivity contribution in [2.24, 2.45) is 0 Å². The zero-order chi connectivity index (χ0) is 10.1. The Morgan fingerprint density at radius 1 is 1.43 bits per heavy atom.